The smallest absolute Gasteiger partial charge is 0.396 e. The lowest BCUT2D eigenvalue weighted by molar-refractivity contribution is 0.0379. The Hall–Kier alpha value is -0.110. The second kappa shape index (κ2) is 3.53. The summed E-state index contributed by atoms with van der Waals surface area (Å²) in [5.74, 6) is 0. The zero-order chi connectivity index (χ0) is 8.32. The number of hydrogen-bond donors (Lipinski definition) is 0. The van der Waals surface area contributed by atoms with E-state index >= 15 is 0 Å². The summed E-state index contributed by atoms with van der Waals surface area (Å²) >= 11 is 0. The van der Waals surface area contributed by atoms with E-state index in [0.717, 1.165) is 0 Å². The normalized spacial score (nSPS) is 24.5. The summed E-state index contributed by atoms with van der Waals surface area (Å²) in [6.07, 6.45) is 1.35. The Kier molecular flexibility index (Phi) is 2.88. The van der Waals surface area contributed by atoms with Gasteiger partial charge in [0.05, 0.1) is 19.5 Å². The van der Waals surface area contributed by atoms with E-state index in [2.05, 4.69) is 20.4 Å². The van der Waals surface area contributed by atoms with E-state index in [1.165, 1.54) is 6.26 Å². The van der Waals surface area contributed by atoms with Gasteiger partial charge in [-0.2, -0.15) is 0 Å². The highest BCUT2D eigenvalue weighted by Crippen LogP contribution is 2.46. The van der Waals surface area contributed by atoms with E-state index in [-0.39, 0.29) is 5.41 Å². The Bertz CT molecular complexity index is 137. The minimum Gasteiger partial charge on any atom is -0.435 e. The highest BCUT2D eigenvalue weighted by Gasteiger charge is 2.30. The first kappa shape index (κ1) is 8.98. The standard InChI is InChI=1S/C7H13O3P/c1-4-8-11-9-5-7(2,3)6-10-11/h4H,1,5-6H2,2-3H3. The van der Waals surface area contributed by atoms with Gasteiger partial charge in [-0.25, -0.2) is 0 Å². The molecule has 1 heterocycles. The Morgan fingerprint density at radius 1 is 1.45 bits per heavy atom. The van der Waals surface area contributed by atoms with Crippen molar-refractivity contribution in [2.45, 2.75) is 13.8 Å². The summed E-state index contributed by atoms with van der Waals surface area (Å²) in [7, 11) is -1.15. The van der Waals surface area contributed by atoms with E-state index in [4.69, 9.17) is 13.6 Å². The molecule has 1 rings (SSSR count). The lowest BCUT2D eigenvalue weighted by atomic mass is 9.97. The molecule has 0 aromatic rings. The molecule has 0 bridgehead atoms. The third kappa shape index (κ3) is 2.78. The molecule has 3 nitrogen and oxygen atoms in total. The van der Waals surface area contributed by atoms with Crippen LogP contribution in [0.2, 0.25) is 0 Å². The molecule has 1 fully saturated rings. The average molecular weight is 176 g/mol. The summed E-state index contributed by atoms with van der Waals surface area (Å²) in [6, 6.07) is 0. The molecule has 0 atom stereocenters. The molecule has 0 aliphatic carbocycles. The molecule has 11 heavy (non-hydrogen) atoms. The SMILES string of the molecule is C=COP1OCC(C)(C)CO1. The molecule has 1 aliphatic rings. The lowest BCUT2D eigenvalue weighted by Crippen LogP contribution is -2.28. The third-order valence-corrected chi connectivity index (χ3v) is 2.28. The third-order valence-electron chi connectivity index (χ3n) is 1.28. The predicted molar refractivity (Wildman–Crippen MR) is 43.9 cm³/mol. The molecule has 0 aromatic heterocycles. The fraction of sp³-hybridized carbons (Fsp3) is 0.714. The molecule has 0 N–H and O–H groups in total. The van der Waals surface area contributed by atoms with E-state index < -0.39 is 8.60 Å². The first-order chi connectivity index (χ1) is 5.14. The van der Waals surface area contributed by atoms with Crippen molar-refractivity contribution in [3.05, 3.63) is 12.8 Å². The van der Waals surface area contributed by atoms with Crippen LogP contribution in [-0.4, -0.2) is 13.2 Å². The highest BCUT2D eigenvalue weighted by atomic mass is 31.2. The van der Waals surface area contributed by atoms with Crippen molar-refractivity contribution in [1.82, 2.24) is 0 Å². The molecular formula is C7H13O3P. The van der Waals surface area contributed by atoms with Crippen LogP contribution in [0.3, 0.4) is 0 Å². The van der Waals surface area contributed by atoms with E-state index in [1.54, 1.807) is 0 Å². The van der Waals surface area contributed by atoms with Crippen LogP contribution in [0.15, 0.2) is 12.8 Å². The maximum Gasteiger partial charge on any atom is 0.396 e. The molecule has 64 valence electrons. The fourth-order valence-corrected chi connectivity index (χ4v) is 1.88. The van der Waals surface area contributed by atoms with Gasteiger partial charge in [0.1, 0.15) is 0 Å². The van der Waals surface area contributed by atoms with Crippen LogP contribution < -0.4 is 0 Å². The summed E-state index contributed by atoms with van der Waals surface area (Å²) in [6.45, 7) is 8.98. The maximum absolute atomic E-state index is 5.28. The van der Waals surface area contributed by atoms with Gasteiger partial charge in [0.2, 0.25) is 0 Å². The van der Waals surface area contributed by atoms with E-state index in [0.29, 0.717) is 13.2 Å². The predicted octanol–water partition coefficient (Wildman–Crippen LogP) is 2.45. The average Bonchev–Trinajstić information content (AvgIpc) is 1.94. The topological polar surface area (TPSA) is 27.7 Å². The van der Waals surface area contributed by atoms with Crippen LogP contribution in [0.4, 0.5) is 0 Å². The van der Waals surface area contributed by atoms with Gasteiger partial charge in [0.25, 0.3) is 0 Å². The Morgan fingerprint density at radius 3 is 2.45 bits per heavy atom. The monoisotopic (exact) mass is 176 g/mol. The molecule has 0 amide bonds. The maximum atomic E-state index is 5.28. The van der Waals surface area contributed by atoms with Crippen LogP contribution in [-0.2, 0) is 13.6 Å². The van der Waals surface area contributed by atoms with Gasteiger partial charge in [-0.05, 0) is 0 Å². The van der Waals surface area contributed by atoms with Crippen LogP contribution in [0.5, 0.6) is 0 Å². The molecule has 0 unspecified atom stereocenters. The largest absolute Gasteiger partial charge is 0.435 e. The van der Waals surface area contributed by atoms with Crippen molar-refractivity contribution in [2.75, 3.05) is 13.2 Å². The summed E-state index contributed by atoms with van der Waals surface area (Å²) in [5.41, 5.74) is 0.114. The molecule has 4 heteroatoms. The minimum atomic E-state index is -1.15. The Balaban J connectivity index is 2.30. The quantitative estimate of drug-likeness (QED) is 0.477. The Morgan fingerprint density at radius 2 is 2.00 bits per heavy atom. The van der Waals surface area contributed by atoms with Crippen LogP contribution in [0, 0.1) is 5.41 Å². The highest BCUT2D eigenvalue weighted by molar-refractivity contribution is 7.41. The van der Waals surface area contributed by atoms with E-state index in [1.807, 2.05) is 0 Å². The van der Waals surface area contributed by atoms with Gasteiger partial charge in [-0.1, -0.05) is 20.4 Å². The van der Waals surface area contributed by atoms with Crippen molar-refractivity contribution in [3.63, 3.8) is 0 Å². The van der Waals surface area contributed by atoms with Gasteiger partial charge in [0, 0.05) is 5.41 Å². The van der Waals surface area contributed by atoms with Gasteiger partial charge >= 0.3 is 8.60 Å². The zero-order valence-corrected chi connectivity index (χ0v) is 7.77. The van der Waals surface area contributed by atoms with Crippen molar-refractivity contribution >= 4 is 8.60 Å². The lowest BCUT2D eigenvalue weighted by Gasteiger charge is -2.31. The number of hydrogen-bond acceptors (Lipinski definition) is 3. The summed E-state index contributed by atoms with van der Waals surface area (Å²) in [4.78, 5) is 0. The van der Waals surface area contributed by atoms with Crippen LogP contribution in [0.1, 0.15) is 13.8 Å². The molecular weight excluding hydrogens is 163 g/mol. The summed E-state index contributed by atoms with van der Waals surface area (Å²) in [5, 5.41) is 0. The fourth-order valence-electron chi connectivity index (χ4n) is 0.656. The molecule has 0 aromatic carbocycles. The summed E-state index contributed by atoms with van der Waals surface area (Å²) < 4.78 is 15.5. The first-order valence-corrected chi connectivity index (χ1v) is 4.57. The van der Waals surface area contributed by atoms with Crippen LogP contribution >= 0.6 is 8.60 Å². The molecule has 1 saturated heterocycles. The van der Waals surface area contributed by atoms with Crippen molar-refractivity contribution < 1.29 is 13.6 Å². The van der Waals surface area contributed by atoms with Gasteiger partial charge in [0.15, 0.2) is 0 Å². The first-order valence-electron chi connectivity index (χ1n) is 3.48. The molecule has 0 saturated carbocycles. The van der Waals surface area contributed by atoms with Crippen molar-refractivity contribution in [3.8, 4) is 0 Å². The van der Waals surface area contributed by atoms with E-state index in [9.17, 15) is 0 Å². The van der Waals surface area contributed by atoms with Crippen LogP contribution in [0.25, 0.3) is 0 Å². The van der Waals surface area contributed by atoms with Gasteiger partial charge < -0.3 is 13.6 Å². The molecule has 0 radical (unpaired) electrons. The van der Waals surface area contributed by atoms with Gasteiger partial charge in [-0.15, -0.1) is 0 Å². The van der Waals surface area contributed by atoms with Crippen molar-refractivity contribution in [2.24, 2.45) is 5.41 Å². The Labute approximate surface area is 68.3 Å². The van der Waals surface area contributed by atoms with Crippen molar-refractivity contribution in [1.29, 1.82) is 0 Å². The second-order valence-corrected chi connectivity index (χ2v) is 4.38. The van der Waals surface area contributed by atoms with Gasteiger partial charge in [-0.3, -0.25) is 0 Å². The zero-order valence-electron chi connectivity index (χ0n) is 6.87. The second-order valence-electron chi connectivity index (χ2n) is 3.21. The minimum absolute atomic E-state index is 0.114. The number of rotatable bonds is 2. The molecule has 1 aliphatic heterocycles. The molecule has 0 spiro atoms.